The third-order valence-electron chi connectivity index (χ3n) is 6.70. The molecule has 2 amide bonds. The van der Waals surface area contributed by atoms with Gasteiger partial charge in [0.25, 0.3) is 0 Å². The van der Waals surface area contributed by atoms with E-state index in [0.717, 1.165) is 19.3 Å². The number of hydrogen-bond donors (Lipinski definition) is 0. The number of carbonyl (C=O) groups is 5. The lowest BCUT2D eigenvalue weighted by Gasteiger charge is -2.39. The number of nitrogens with zero attached hydrogens (tertiary/aromatic N) is 2. The van der Waals surface area contributed by atoms with Crippen molar-refractivity contribution in [3.05, 3.63) is 29.8 Å². The fourth-order valence-electron chi connectivity index (χ4n) is 4.72. The van der Waals surface area contributed by atoms with Crippen molar-refractivity contribution in [1.29, 1.82) is 0 Å². The Morgan fingerprint density at radius 3 is 2.21 bits per heavy atom. The van der Waals surface area contributed by atoms with Crippen LogP contribution in [-0.2, 0) is 28.6 Å². The largest absolute Gasteiger partial charge is 0.482 e. The second-order valence-electron chi connectivity index (χ2n) is 9.83. The molecule has 3 rings (SSSR count). The molecule has 0 aliphatic carbocycles. The van der Waals surface area contributed by atoms with Gasteiger partial charge in [-0.25, -0.2) is 9.59 Å². The molecule has 0 bridgehead atoms. The Morgan fingerprint density at radius 2 is 1.61 bits per heavy atom. The van der Waals surface area contributed by atoms with Crippen LogP contribution >= 0.6 is 0 Å². The quantitative estimate of drug-likeness (QED) is 0.254. The molecule has 0 spiro atoms. The lowest BCUT2D eigenvalue weighted by molar-refractivity contribution is -0.150. The summed E-state index contributed by atoms with van der Waals surface area (Å²) in [5, 5.41) is 0. The van der Waals surface area contributed by atoms with Gasteiger partial charge in [-0.15, -0.1) is 0 Å². The monoisotopic (exact) mass is 532 g/mol. The molecule has 0 N–H and O–H groups in total. The Bertz CT molecular complexity index is 1000. The highest BCUT2D eigenvalue weighted by molar-refractivity contribution is 5.99. The Labute approximate surface area is 222 Å². The number of esters is 2. The highest BCUT2D eigenvalue weighted by Gasteiger charge is 2.35. The number of carbonyl (C=O) groups excluding carboxylic acids is 5. The summed E-state index contributed by atoms with van der Waals surface area (Å²) in [6.07, 6.45) is 1.99. The second-order valence-corrected chi connectivity index (χ2v) is 9.83. The third kappa shape index (κ3) is 8.74. The summed E-state index contributed by atoms with van der Waals surface area (Å²) in [5.74, 6) is -0.204. The topological polar surface area (TPSA) is 129 Å². The van der Waals surface area contributed by atoms with Crippen LogP contribution in [-0.4, -0.2) is 85.2 Å². The van der Waals surface area contributed by atoms with E-state index in [0.29, 0.717) is 43.3 Å². The van der Waals surface area contributed by atoms with Crippen molar-refractivity contribution in [2.45, 2.75) is 52.6 Å². The first-order valence-electron chi connectivity index (χ1n) is 12.9. The zero-order valence-corrected chi connectivity index (χ0v) is 22.2. The first-order valence-corrected chi connectivity index (χ1v) is 12.9. The van der Waals surface area contributed by atoms with E-state index >= 15 is 0 Å². The van der Waals surface area contributed by atoms with Gasteiger partial charge in [-0.2, -0.15) is 0 Å². The van der Waals surface area contributed by atoms with Gasteiger partial charge in [0.05, 0.1) is 12.6 Å². The van der Waals surface area contributed by atoms with Crippen LogP contribution in [0.25, 0.3) is 0 Å². The molecule has 0 aromatic heterocycles. The maximum Gasteiger partial charge on any atom is 0.412 e. The molecule has 2 aliphatic heterocycles. The fraction of sp³-hybridized carbons (Fsp3) is 0.593. The highest BCUT2D eigenvalue weighted by Crippen LogP contribution is 2.33. The molecule has 1 unspecified atom stereocenters. The molecule has 1 aromatic rings. The predicted molar refractivity (Wildman–Crippen MR) is 134 cm³/mol. The van der Waals surface area contributed by atoms with E-state index in [9.17, 15) is 24.0 Å². The Kier molecular flexibility index (Phi) is 10.5. The van der Waals surface area contributed by atoms with Gasteiger partial charge in [-0.3, -0.25) is 14.4 Å². The molecule has 2 saturated heterocycles. The van der Waals surface area contributed by atoms with Crippen molar-refractivity contribution in [2.75, 3.05) is 39.6 Å². The van der Waals surface area contributed by atoms with Crippen LogP contribution in [0.3, 0.4) is 0 Å². The van der Waals surface area contributed by atoms with E-state index in [1.807, 2.05) is 0 Å². The van der Waals surface area contributed by atoms with Gasteiger partial charge in [0.15, 0.2) is 12.4 Å². The zero-order valence-electron chi connectivity index (χ0n) is 22.2. The van der Waals surface area contributed by atoms with Crippen LogP contribution in [0.5, 0.6) is 5.75 Å². The van der Waals surface area contributed by atoms with Gasteiger partial charge in [-0.1, -0.05) is 0 Å². The number of likely N-dealkylation sites (tertiary alicyclic amines) is 2. The van der Waals surface area contributed by atoms with Gasteiger partial charge >= 0.3 is 18.0 Å². The van der Waals surface area contributed by atoms with Crippen molar-refractivity contribution in [2.24, 2.45) is 11.8 Å². The summed E-state index contributed by atoms with van der Waals surface area (Å²) in [7, 11) is 0. The minimum absolute atomic E-state index is 0.0130. The highest BCUT2D eigenvalue weighted by atomic mass is 16.7. The minimum atomic E-state index is -0.515. The van der Waals surface area contributed by atoms with E-state index in [2.05, 4.69) is 4.74 Å². The van der Waals surface area contributed by atoms with E-state index in [-0.39, 0.29) is 36.9 Å². The Balaban J connectivity index is 1.40. The second kappa shape index (κ2) is 13.8. The third-order valence-corrected chi connectivity index (χ3v) is 6.70. The van der Waals surface area contributed by atoms with Crippen molar-refractivity contribution >= 4 is 29.7 Å². The Hall–Kier alpha value is -3.63. The molecule has 2 fully saturated rings. The van der Waals surface area contributed by atoms with Crippen LogP contribution < -0.4 is 4.74 Å². The Morgan fingerprint density at radius 1 is 0.947 bits per heavy atom. The molecule has 0 radical (unpaired) electrons. The SMILES string of the molecule is CC(=O)OCOC(=O)N1CCC(C2CCN(CC(=O)c3ccc(OCC(=O)OC(C)C)cc3)C(=O)C2)CC1. The summed E-state index contributed by atoms with van der Waals surface area (Å²) in [5.41, 5.74) is 0.463. The lowest BCUT2D eigenvalue weighted by Crippen LogP contribution is -2.46. The summed E-state index contributed by atoms with van der Waals surface area (Å²) in [4.78, 5) is 63.2. The van der Waals surface area contributed by atoms with Gasteiger partial charge in [0, 0.05) is 38.5 Å². The van der Waals surface area contributed by atoms with Crippen LogP contribution in [0.1, 0.15) is 56.8 Å². The molecule has 0 saturated carbocycles. The van der Waals surface area contributed by atoms with E-state index < -0.39 is 24.8 Å². The normalized spacial score (nSPS) is 18.2. The number of hydrogen-bond acceptors (Lipinski definition) is 9. The first kappa shape index (κ1) is 28.9. The lowest BCUT2D eigenvalue weighted by atomic mass is 9.78. The summed E-state index contributed by atoms with van der Waals surface area (Å²) < 4.78 is 20.0. The molecule has 1 atom stereocenters. The van der Waals surface area contributed by atoms with E-state index in [1.165, 1.54) is 6.92 Å². The van der Waals surface area contributed by atoms with E-state index in [4.69, 9.17) is 14.2 Å². The number of Topliss-reactive ketones (excluding diaryl/α,β-unsaturated/α-hetero) is 1. The van der Waals surface area contributed by atoms with Crippen molar-refractivity contribution < 1.29 is 42.9 Å². The molecule has 2 aliphatic rings. The van der Waals surface area contributed by atoms with Crippen LogP contribution in [0.2, 0.25) is 0 Å². The molecule has 38 heavy (non-hydrogen) atoms. The number of amides is 2. The first-order chi connectivity index (χ1) is 18.1. The fourth-order valence-corrected chi connectivity index (χ4v) is 4.72. The molecule has 1 aromatic carbocycles. The van der Waals surface area contributed by atoms with E-state index in [1.54, 1.807) is 47.9 Å². The summed E-state index contributed by atoms with van der Waals surface area (Å²) >= 11 is 0. The molecular formula is C27H36N2O9. The average Bonchev–Trinajstić information content (AvgIpc) is 2.88. The molecule has 2 heterocycles. The van der Waals surface area contributed by atoms with Gasteiger partial charge < -0.3 is 28.7 Å². The van der Waals surface area contributed by atoms with Crippen molar-refractivity contribution in [3.63, 3.8) is 0 Å². The van der Waals surface area contributed by atoms with Gasteiger partial charge in [-0.05, 0) is 69.2 Å². The maximum atomic E-state index is 12.8. The summed E-state index contributed by atoms with van der Waals surface area (Å²) in [6.45, 7) is 5.72. The van der Waals surface area contributed by atoms with Crippen molar-refractivity contribution in [1.82, 2.24) is 9.80 Å². The van der Waals surface area contributed by atoms with Crippen LogP contribution in [0.15, 0.2) is 24.3 Å². The molecular weight excluding hydrogens is 496 g/mol. The van der Waals surface area contributed by atoms with Crippen LogP contribution in [0, 0.1) is 11.8 Å². The molecule has 11 nitrogen and oxygen atoms in total. The molecule has 11 heteroatoms. The van der Waals surface area contributed by atoms with Crippen LogP contribution in [0.4, 0.5) is 4.79 Å². The maximum absolute atomic E-state index is 12.8. The number of ketones is 1. The smallest absolute Gasteiger partial charge is 0.412 e. The zero-order chi connectivity index (χ0) is 27.7. The van der Waals surface area contributed by atoms with Gasteiger partial charge in [0.1, 0.15) is 5.75 Å². The number of rotatable bonds is 10. The standard InChI is InChI=1S/C27H36N2O9/c1-18(2)38-26(33)16-35-23-6-4-21(5-7-23)24(31)15-29-13-10-22(14-25(29)32)20-8-11-28(12-9-20)27(34)37-17-36-19(3)30/h4-7,18,20,22H,8-17H2,1-3H3. The summed E-state index contributed by atoms with van der Waals surface area (Å²) in [6, 6.07) is 6.46. The number of ether oxygens (including phenoxy) is 4. The number of benzene rings is 1. The van der Waals surface area contributed by atoms with Gasteiger partial charge in [0.2, 0.25) is 12.7 Å². The minimum Gasteiger partial charge on any atom is -0.482 e. The predicted octanol–water partition coefficient (Wildman–Crippen LogP) is 2.81. The molecule has 208 valence electrons. The average molecular weight is 533 g/mol. The number of piperidine rings is 2. The van der Waals surface area contributed by atoms with Crippen molar-refractivity contribution in [3.8, 4) is 5.75 Å².